The molecule has 0 saturated carbocycles. The number of hydrogen-bond acceptors (Lipinski definition) is 8. The minimum absolute atomic E-state index is 0. The molecular formula is C4H12Na4O6P2S2. The van der Waals surface area contributed by atoms with Crippen LogP contribution in [-0.2, 0) is 9.13 Å². The van der Waals surface area contributed by atoms with E-state index in [1.54, 1.807) is 0 Å². The predicted molar refractivity (Wildman–Crippen MR) is 54.3 cm³/mol. The molecule has 0 saturated heterocycles. The summed E-state index contributed by atoms with van der Waals surface area (Å²) < 4.78 is 17.0. The normalized spacial score (nSPS) is 6.89. The van der Waals surface area contributed by atoms with Gasteiger partial charge in [0.2, 0.25) is 0 Å². The van der Waals surface area contributed by atoms with Crippen LogP contribution < -0.4 is 138 Å². The van der Waals surface area contributed by atoms with Crippen LogP contribution in [0.4, 0.5) is 0 Å². The summed E-state index contributed by atoms with van der Waals surface area (Å²) in [4.78, 5) is 34.1. The first-order valence-corrected chi connectivity index (χ1v) is 8.32. The van der Waals surface area contributed by atoms with Crippen LogP contribution in [0.5, 0.6) is 0 Å². The number of hydrogen-bond donors (Lipinski definition) is 0. The van der Waals surface area contributed by atoms with Crippen molar-refractivity contribution in [2.75, 3.05) is 11.5 Å². The minimum Gasteiger partial charge on any atom is -0.813 e. The predicted octanol–water partition coefficient (Wildman–Crippen LogP) is -13.4. The molecule has 14 heteroatoms. The maximum atomic E-state index is 8.52. The molecule has 0 atom stereocenters. The average Bonchev–Trinajstić information content (AvgIpc) is 1.98. The van der Waals surface area contributed by atoms with Gasteiger partial charge in [0, 0.05) is 11.5 Å². The van der Waals surface area contributed by atoms with E-state index in [2.05, 4.69) is 13.8 Å². The van der Waals surface area contributed by atoms with Crippen molar-refractivity contribution in [2.45, 2.75) is 13.8 Å². The molecule has 0 aliphatic carbocycles. The fraction of sp³-hybridized carbons (Fsp3) is 1.00. The molecule has 0 aromatic carbocycles. The van der Waals surface area contributed by atoms with Gasteiger partial charge in [0.05, 0.1) is 0 Å². The Morgan fingerprint density at radius 2 is 0.833 bits per heavy atom. The van der Waals surface area contributed by atoms with Gasteiger partial charge < -0.3 is 28.7 Å². The SMILES string of the molecule is CCSSCC.O=[PH]([O-])[O-].O=[PH]([O-])[O-].[Na+].[Na+].[Na+].[Na+]. The Balaban J connectivity index is -0.0000000186. The standard InChI is InChI=1S/C4H10S2.4Na.2H3O3P/c1-3-5-6-4-2;;;;;2*1-4(2)3/h3-4H2,1-2H3;;;;;2*4H,(H2,1,2,3)/q;4*+1;;/p-4. The van der Waals surface area contributed by atoms with E-state index in [0.29, 0.717) is 0 Å². The van der Waals surface area contributed by atoms with Crippen LogP contribution in [-0.4, -0.2) is 11.5 Å². The van der Waals surface area contributed by atoms with E-state index in [0.717, 1.165) is 0 Å². The molecule has 0 rings (SSSR count). The van der Waals surface area contributed by atoms with Gasteiger partial charge in [0.25, 0.3) is 0 Å². The van der Waals surface area contributed by atoms with Gasteiger partial charge in [0.15, 0.2) is 0 Å². The van der Waals surface area contributed by atoms with E-state index in [1.165, 1.54) is 11.5 Å². The van der Waals surface area contributed by atoms with E-state index >= 15 is 0 Å². The Bertz CT molecular complexity index is 136. The Labute approximate surface area is 206 Å². The van der Waals surface area contributed by atoms with Crippen molar-refractivity contribution in [2.24, 2.45) is 0 Å². The van der Waals surface area contributed by atoms with Gasteiger partial charge in [-0.25, -0.2) is 0 Å². The molecule has 0 unspecified atom stereocenters. The van der Waals surface area contributed by atoms with Gasteiger partial charge in [-0.2, -0.15) is 0 Å². The topological polar surface area (TPSA) is 126 Å². The van der Waals surface area contributed by atoms with Gasteiger partial charge in [0.1, 0.15) is 0 Å². The van der Waals surface area contributed by atoms with Crippen molar-refractivity contribution in [3.05, 3.63) is 0 Å². The Morgan fingerprint density at radius 3 is 0.889 bits per heavy atom. The fourth-order valence-corrected chi connectivity index (χ4v) is 1.50. The first kappa shape index (κ1) is 43.5. The molecule has 0 fully saturated rings. The van der Waals surface area contributed by atoms with Crippen LogP contribution >= 0.6 is 38.1 Å². The maximum absolute atomic E-state index is 8.52. The van der Waals surface area contributed by atoms with Crippen LogP contribution in [0, 0.1) is 0 Å². The Hall–Kier alpha value is 5.00. The molecule has 0 aliphatic heterocycles. The molecule has 0 amide bonds. The molecule has 0 aliphatic rings. The van der Waals surface area contributed by atoms with Crippen molar-refractivity contribution in [1.82, 2.24) is 0 Å². The monoisotopic (exact) mass is 374 g/mol. The molecule has 0 heterocycles. The zero-order chi connectivity index (χ0) is 12.0. The van der Waals surface area contributed by atoms with E-state index in [9.17, 15) is 0 Å². The van der Waals surface area contributed by atoms with Crippen molar-refractivity contribution < 1.29 is 147 Å². The van der Waals surface area contributed by atoms with Gasteiger partial charge in [-0.15, -0.1) is 0 Å². The molecular weight excluding hydrogens is 362 g/mol. The first-order valence-electron chi connectivity index (χ1n) is 3.38. The van der Waals surface area contributed by atoms with Gasteiger partial charge in [-0.1, -0.05) is 51.9 Å². The van der Waals surface area contributed by atoms with Crippen LogP contribution in [0.15, 0.2) is 0 Å². The second-order valence-electron chi connectivity index (χ2n) is 1.31. The third-order valence-corrected chi connectivity index (χ3v) is 2.87. The smallest absolute Gasteiger partial charge is 0.813 e. The second kappa shape index (κ2) is 43.1. The van der Waals surface area contributed by atoms with Crippen molar-refractivity contribution in [3.63, 3.8) is 0 Å². The molecule has 90 valence electrons. The molecule has 0 aromatic rings. The van der Waals surface area contributed by atoms with Crippen LogP contribution in [0.1, 0.15) is 13.8 Å². The van der Waals surface area contributed by atoms with Crippen molar-refractivity contribution >= 4 is 38.1 Å². The second-order valence-corrected chi connectivity index (χ2v) is 5.35. The number of rotatable bonds is 3. The maximum Gasteiger partial charge on any atom is 1.00 e. The molecule has 0 aromatic heterocycles. The molecule has 0 spiro atoms. The molecule has 0 N–H and O–H groups in total. The summed E-state index contributed by atoms with van der Waals surface area (Å²) in [5.41, 5.74) is 0. The van der Waals surface area contributed by atoms with E-state index < -0.39 is 16.5 Å². The summed E-state index contributed by atoms with van der Waals surface area (Å²) >= 11 is 0. The molecule has 0 radical (unpaired) electrons. The summed E-state index contributed by atoms with van der Waals surface area (Å²) in [6.07, 6.45) is 0. The quantitative estimate of drug-likeness (QED) is 0.206. The summed E-state index contributed by atoms with van der Waals surface area (Å²) in [5, 5.41) is 0. The van der Waals surface area contributed by atoms with Crippen molar-refractivity contribution in [3.8, 4) is 0 Å². The van der Waals surface area contributed by atoms with E-state index in [-0.39, 0.29) is 118 Å². The summed E-state index contributed by atoms with van der Waals surface area (Å²) in [6.45, 7) is 4.35. The zero-order valence-corrected chi connectivity index (χ0v) is 23.3. The molecule has 6 nitrogen and oxygen atoms in total. The summed E-state index contributed by atoms with van der Waals surface area (Å²) in [5.74, 6) is 2.47. The molecule has 18 heavy (non-hydrogen) atoms. The fourth-order valence-electron chi connectivity index (χ4n) is 0.167. The minimum atomic E-state index is -3.63. The average molecular weight is 374 g/mol. The first-order chi connectivity index (χ1) is 6.38. The largest absolute Gasteiger partial charge is 1.00 e. The van der Waals surface area contributed by atoms with Crippen LogP contribution in [0.2, 0.25) is 0 Å². The van der Waals surface area contributed by atoms with Crippen LogP contribution in [0.3, 0.4) is 0 Å². The molecule has 0 bridgehead atoms. The van der Waals surface area contributed by atoms with Gasteiger partial charge in [-0.05, 0) is 0 Å². The summed E-state index contributed by atoms with van der Waals surface area (Å²) in [6, 6.07) is 0. The summed E-state index contributed by atoms with van der Waals surface area (Å²) in [7, 11) is -3.41. The van der Waals surface area contributed by atoms with Gasteiger partial charge in [-0.3, -0.25) is 0 Å². The Morgan fingerprint density at radius 1 is 0.722 bits per heavy atom. The third-order valence-electron chi connectivity index (χ3n) is 0.319. The third kappa shape index (κ3) is 131. The van der Waals surface area contributed by atoms with E-state index in [4.69, 9.17) is 28.7 Å². The van der Waals surface area contributed by atoms with Crippen molar-refractivity contribution in [1.29, 1.82) is 0 Å². The van der Waals surface area contributed by atoms with E-state index in [1.807, 2.05) is 21.6 Å². The zero-order valence-electron chi connectivity index (χ0n) is 11.7. The van der Waals surface area contributed by atoms with Crippen LogP contribution in [0.25, 0.3) is 0 Å². The van der Waals surface area contributed by atoms with Gasteiger partial charge >= 0.3 is 118 Å². The Kier molecular flexibility index (Phi) is 104.